The lowest BCUT2D eigenvalue weighted by molar-refractivity contribution is -0.125. The fourth-order valence-electron chi connectivity index (χ4n) is 3.49. The largest absolute Gasteiger partial charge is 0.489 e. The summed E-state index contributed by atoms with van der Waals surface area (Å²) in [5.41, 5.74) is 2.09. The number of amides is 2. The molecule has 4 aromatic rings. The van der Waals surface area contributed by atoms with Gasteiger partial charge in [-0.15, -0.1) is 0 Å². The lowest BCUT2D eigenvalue weighted by Crippen LogP contribution is -2.42. The second kappa shape index (κ2) is 11.5. The van der Waals surface area contributed by atoms with Gasteiger partial charge in [0.05, 0.1) is 11.3 Å². The molecule has 6 nitrogen and oxygen atoms in total. The summed E-state index contributed by atoms with van der Waals surface area (Å²) in [5, 5.41) is 5.61. The Hall–Kier alpha value is -4.11. The van der Waals surface area contributed by atoms with E-state index >= 15 is 0 Å². The van der Waals surface area contributed by atoms with Gasteiger partial charge in [0, 0.05) is 12.3 Å². The predicted molar refractivity (Wildman–Crippen MR) is 135 cm³/mol. The van der Waals surface area contributed by atoms with Gasteiger partial charge in [0.1, 0.15) is 30.0 Å². The van der Waals surface area contributed by atoms with Crippen molar-refractivity contribution in [2.24, 2.45) is 0 Å². The third-order valence-electron chi connectivity index (χ3n) is 5.21. The van der Waals surface area contributed by atoms with Crippen molar-refractivity contribution < 1.29 is 23.1 Å². The number of carbonyl (C=O) groups is 2. The molecule has 1 aromatic heterocycles. The highest BCUT2D eigenvalue weighted by Gasteiger charge is 2.18. The second-order valence-corrected chi connectivity index (χ2v) is 9.05. The second-order valence-electron chi connectivity index (χ2n) is 8.02. The first kappa shape index (κ1) is 25.0. The van der Waals surface area contributed by atoms with Gasteiger partial charge in [0.25, 0.3) is 0 Å². The van der Waals surface area contributed by atoms with E-state index in [1.165, 1.54) is 18.3 Å². The van der Waals surface area contributed by atoms with Gasteiger partial charge in [-0.3, -0.25) is 9.59 Å². The van der Waals surface area contributed by atoms with E-state index in [1.54, 1.807) is 6.20 Å². The zero-order chi connectivity index (χ0) is 25.5. The van der Waals surface area contributed by atoms with Crippen LogP contribution >= 0.6 is 11.3 Å². The van der Waals surface area contributed by atoms with Crippen molar-refractivity contribution in [3.8, 4) is 16.2 Å². The quantitative estimate of drug-likeness (QED) is 0.320. The van der Waals surface area contributed by atoms with Gasteiger partial charge in [-0.05, 0) is 47.9 Å². The fraction of sp³-hybridized carbons (Fsp3) is 0.148. The average Bonchev–Trinajstić information content (AvgIpc) is 3.31. The van der Waals surface area contributed by atoms with Crippen molar-refractivity contribution >= 4 is 28.3 Å². The van der Waals surface area contributed by atoms with Crippen molar-refractivity contribution in [2.45, 2.75) is 26.0 Å². The third kappa shape index (κ3) is 6.73. The summed E-state index contributed by atoms with van der Waals surface area (Å²) in [6.07, 6.45) is 1.42. The van der Waals surface area contributed by atoms with E-state index < -0.39 is 29.5 Å². The lowest BCUT2D eigenvalue weighted by atomic mass is 10.1. The minimum absolute atomic E-state index is 0.178. The van der Waals surface area contributed by atoms with Crippen LogP contribution in [0.4, 0.5) is 13.9 Å². The minimum atomic E-state index is -0.880. The number of para-hydroxylation sites is 1. The van der Waals surface area contributed by atoms with Crippen LogP contribution in [0.25, 0.3) is 10.4 Å². The van der Waals surface area contributed by atoms with Crippen LogP contribution in [0, 0.1) is 11.6 Å². The molecule has 0 saturated heterocycles. The molecule has 0 fully saturated rings. The maximum Gasteiger partial charge on any atom is 0.248 e. The number of hydrogen-bond donors (Lipinski definition) is 2. The van der Waals surface area contributed by atoms with Gasteiger partial charge in [-0.25, -0.2) is 13.8 Å². The topological polar surface area (TPSA) is 80.3 Å². The number of carbonyl (C=O) groups excluding carboxylic acids is 2. The normalized spacial score (nSPS) is 11.5. The molecular weight excluding hydrogens is 484 g/mol. The number of ether oxygens (including phenoxy) is 1. The van der Waals surface area contributed by atoms with Crippen LogP contribution in [0.3, 0.4) is 0 Å². The first-order valence-corrected chi connectivity index (χ1v) is 12.0. The first-order chi connectivity index (χ1) is 17.4. The summed E-state index contributed by atoms with van der Waals surface area (Å²) in [7, 11) is 0. The molecule has 1 heterocycles. The minimum Gasteiger partial charge on any atom is -0.489 e. The highest BCUT2D eigenvalue weighted by atomic mass is 32.1. The van der Waals surface area contributed by atoms with E-state index in [-0.39, 0.29) is 12.0 Å². The van der Waals surface area contributed by atoms with E-state index in [2.05, 4.69) is 15.6 Å². The lowest BCUT2D eigenvalue weighted by Gasteiger charge is -2.13. The molecule has 4 rings (SSSR count). The Morgan fingerprint density at radius 3 is 2.44 bits per heavy atom. The zero-order valence-electron chi connectivity index (χ0n) is 19.3. The smallest absolute Gasteiger partial charge is 0.248 e. The Morgan fingerprint density at radius 1 is 1.00 bits per heavy atom. The van der Waals surface area contributed by atoms with E-state index in [0.29, 0.717) is 11.7 Å². The Kier molecular flexibility index (Phi) is 8.02. The SMILES string of the molecule is CC(NC(=O)Cc1cc(F)cc(F)c1)C(=O)Nc1ncc(-c2ccccc2COc2ccccc2)s1. The van der Waals surface area contributed by atoms with Crippen LogP contribution in [0.2, 0.25) is 0 Å². The molecule has 0 spiro atoms. The van der Waals surface area contributed by atoms with Gasteiger partial charge in [-0.1, -0.05) is 53.8 Å². The number of nitrogens with zero attached hydrogens (tertiary/aromatic N) is 1. The molecular formula is C27H23F2N3O3S. The molecule has 1 atom stereocenters. The van der Waals surface area contributed by atoms with Crippen molar-refractivity contribution in [3.63, 3.8) is 0 Å². The number of rotatable bonds is 9. The number of benzene rings is 3. The molecule has 36 heavy (non-hydrogen) atoms. The summed E-state index contributed by atoms with van der Waals surface area (Å²) in [4.78, 5) is 30.0. The molecule has 0 aliphatic carbocycles. The molecule has 3 aromatic carbocycles. The predicted octanol–water partition coefficient (Wildman–Crippen LogP) is 5.35. The standard InChI is InChI=1S/C27H23F2N3O3S/c1-17(31-25(33)13-18-11-20(28)14-21(29)12-18)26(34)32-27-30-15-24(36-27)23-10-6-5-7-19(23)16-35-22-8-3-2-4-9-22/h2-12,14-15,17H,13,16H2,1H3,(H,31,33)(H,30,32,34). The average molecular weight is 508 g/mol. The summed E-state index contributed by atoms with van der Waals surface area (Å²) in [6.45, 7) is 1.89. The van der Waals surface area contributed by atoms with Gasteiger partial charge in [0.15, 0.2) is 5.13 Å². The highest BCUT2D eigenvalue weighted by Crippen LogP contribution is 2.32. The third-order valence-corrected chi connectivity index (χ3v) is 6.16. The molecule has 0 bridgehead atoms. The van der Waals surface area contributed by atoms with Crippen LogP contribution in [0.15, 0.2) is 79.0 Å². The zero-order valence-corrected chi connectivity index (χ0v) is 20.1. The molecule has 0 saturated carbocycles. The Morgan fingerprint density at radius 2 is 1.69 bits per heavy atom. The summed E-state index contributed by atoms with van der Waals surface area (Å²) < 4.78 is 32.5. The van der Waals surface area contributed by atoms with Gasteiger partial charge in [0.2, 0.25) is 11.8 Å². The van der Waals surface area contributed by atoms with E-state index in [1.807, 2.05) is 54.6 Å². The number of hydrogen-bond acceptors (Lipinski definition) is 5. The number of thiazole rings is 1. The van der Waals surface area contributed by atoms with Gasteiger partial charge >= 0.3 is 0 Å². The molecule has 9 heteroatoms. The Balaban J connectivity index is 1.35. The number of anilines is 1. The van der Waals surface area contributed by atoms with Crippen molar-refractivity contribution in [3.05, 3.63) is 102 Å². The van der Waals surface area contributed by atoms with Crippen molar-refractivity contribution in [1.29, 1.82) is 0 Å². The van der Waals surface area contributed by atoms with E-state index in [0.717, 1.165) is 40.0 Å². The maximum absolute atomic E-state index is 13.3. The first-order valence-electron chi connectivity index (χ1n) is 11.1. The molecule has 0 radical (unpaired) electrons. The van der Waals surface area contributed by atoms with Crippen LogP contribution < -0.4 is 15.4 Å². The fourth-order valence-corrected chi connectivity index (χ4v) is 4.37. The van der Waals surface area contributed by atoms with Crippen LogP contribution in [0.5, 0.6) is 5.75 Å². The molecule has 2 amide bonds. The van der Waals surface area contributed by atoms with Gasteiger partial charge < -0.3 is 15.4 Å². The van der Waals surface area contributed by atoms with Crippen molar-refractivity contribution in [1.82, 2.24) is 10.3 Å². The molecule has 0 aliphatic heterocycles. The van der Waals surface area contributed by atoms with Gasteiger partial charge in [-0.2, -0.15) is 0 Å². The summed E-state index contributed by atoms with van der Waals surface area (Å²) in [5.74, 6) is -1.76. The molecule has 2 N–H and O–H groups in total. The van der Waals surface area contributed by atoms with Crippen LogP contribution in [-0.2, 0) is 22.6 Å². The van der Waals surface area contributed by atoms with Crippen LogP contribution in [-0.4, -0.2) is 22.8 Å². The van der Waals surface area contributed by atoms with E-state index in [4.69, 9.17) is 4.74 Å². The number of nitrogens with one attached hydrogen (secondary N) is 2. The summed E-state index contributed by atoms with van der Waals surface area (Å²) in [6, 6.07) is 19.3. The van der Waals surface area contributed by atoms with Crippen LogP contribution in [0.1, 0.15) is 18.1 Å². The Labute approximate surface area is 211 Å². The number of halogens is 2. The highest BCUT2D eigenvalue weighted by molar-refractivity contribution is 7.19. The summed E-state index contributed by atoms with van der Waals surface area (Å²) >= 11 is 1.30. The van der Waals surface area contributed by atoms with Crippen molar-refractivity contribution in [2.75, 3.05) is 5.32 Å². The monoisotopic (exact) mass is 507 g/mol. The Bertz CT molecular complexity index is 1340. The molecule has 1 unspecified atom stereocenters. The molecule has 184 valence electrons. The number of aromatic nitrogens is 1. The van der Waals surface area contributed by atoms with E-state index in [9.17, 15) is 18.4 Å². The maximum atomic E-state index is 13.3. The molecule has 0 aliphatic rings.